The Hall–Kier alpha value is -2.84. The van der Waals surface area contributed by atoms with Gasteiger partial charge in [0.1, 0.15) is 5.75 Å². The first-order chi connectivity index (χ1) is 21.0. The molecule has 4 aromatic carbocycles. The molecule has 1 nitrogen and oxygen atoms in total. The maximum atomic E-state index is 9.69. The summed E-state index contributed by atoms with van der Waals surface area (Å²) in [6.45, 7) is 42.9. The van der Waals surface area contributed by atoms with Crippen molar-refractivity contribution >= 4 is 15.9 Å². The fourth-order valence-corrected chi connectivity index (χ4v) is 6.36. The van der Waals surface area contributed by atoms with Gasteiger partial charge < -0.3 is 5.11 Å². The highest BCUT2D eigenvalue weighted by Gasteiger charge is 2.11. The Morgan fingerprint density at radius 3 is 0.696 bits per heavy atom. The predicted octanol–water partition coefficient (Wildman–Crippen LogP) is 13.4. The lowest BCUT2D eigenvalue weighted by molar-refractivity contribution is 0.465. The van der Waals surface area contributed by atoms with Gasteiger partial charge in [-0.2, -0.15) is 0 Å². The van der Waals surface area contributed by atoms with E-state index in [9.17, 15) is 5.11 Å². The molecular formula is C44H63BrO. The highest BCUT2D eigenvalue weighted by Crippen LogP contribution is 2.31. The van der Waals surface area contributed by atoms with Crippen LogP contribution < -0.4 is 0 Å². The van der Waals surface area contributed by atoms with Gasteiger partial charge in [-0.05, 0) is 250 Å². The number of phenols is 1. The van der Waals surface area contributed by atoms with Crippen LogP contribution in [-0.4, -0.2) is 5.11 Å². The molecule has 0 aromatic heterocycles. The number of aryl methyl sites for hydroxylation is 4. The predicted molar refractivity (Wildman–Crippen MR) is 210 cm³/mol. The van der Waals surface area contributed by atoms with Crippen molar-refractivity contribution in [1.29, 1.82) is 0 Å². The molecule has 46 heavy (non-hydrogen) atoms. The lowest BCUT2D eigenvalue weighted by Crippen LogP contribution is -1.96. The van der Waals surface area contributed by atoms with Crippen molar-refractivity contribution in [2.24, 2.45) is 0 Å². The van der Waals surface area contributed by atoms with Crippen LogP contribution in [0.2, 0.25) is 0 Å². The Labute approximate surface area is 292 Å². The monoisotopic (exact) mass is 686 g/mol. The van der Waals surface area contributed by atoms with E-state index in [0.29, 0.717) is 5.75 Å². The van der Waals surface area contributed by atoms with Crippen LogP contribution in [0.4, 0.5) is 0 Å². The minimum absolute atomic E-state index is 0.454. The van der Waals surface area contributed by atoms with Crippen molar-refractivity contribution in [3.05, 3.63) is 128 Å². The molecule has 0 unspecified atom stereocenters. The lowest BCUT2D eigenvalue weighted by Gasteiger charge is -2.14. The SMILES string of the molecule is Cc1c(C)c(C)c(Br)c(C)c1C.Cc1c(C)c(C)c(O)c(C)c1C.Cc1cc(C)c(C)c(C)c1C.Cc1cc(C)c(C)c(C)c1C. The summed E-state index contributed by atoms with van der Waals surface area (Å²) in [5.74, 6) is 0.454. The fourth-order valence-electron chi connectivity index (χ4n) is 5.76. The topological polar surface area (TPSA) is 20.2 Å². The van der Waals surface area contributed by atoms with Gasteiger partial charge in [0.2, 0.25) is 0 Å². The number of hydrogen-bond donors (Lipinski definition) is 1. The van der Waals surface area contributed by atoms with Gasteiger partial charge in [-0.15, -0.1) is 0 Å². The summed E-state index contributed by atoms with van der Waals surface area (Å²) in [5, 5.41) is 9.69. The molecule has 0 atom stereocenters. The van der Waals surface area contributed by atoms with E-state index in [1.54, 1.807) is 0 Å². The first-order valence-corrected chi connectivity index (χ1v) is 17.4. The molecule has 0 spiro atoms. The lowest BCUT2D eigenvalue weighted by atomic mass is 9.94. The van der Waals surface area contributed by atoms with Crippen molar-refractivity contribution in [3.8, 4) is 5.75 Å². The standard InChI is InChI=1S/C11H15Br.C11H16O.2C11H16/c2*1-6-7(2)9(4)11(12)10(5)8(6)3;2*1-7-6-8(2)10(4)11(5)9(7)3/h1-5H3;12H,1-5H3;2*6H,1-5H3. The van der Waals surface area contributed by atoms with Crippen molar-refractivity contribution in [2.75, 3.05) is 0 Å². The summed E-state index contributed by atoms with van der Waals surface area (Å²) in [4.78, 5) is 0. The second-order valence-corrected chi connectivity index (χ2v) is 14.5. The highest BCUT2D eigenvalue weighted by molar-refractivity contribution is 9.10. The van der Waals surface area contributed by atoms with Gasteiger partial charge in [-0.1, -0.05) is 28.1 Å². The van der Waals surface area contributed by atoms with Crippen molar-refractivity contribution in [2.45, 2.75) is 138 Å². The Morgan fingerprint density at radius 1 is 0.283 bits per heavy atom. The normalized spacial score (nSPS) is 10.4. The van der Waals surface area contributed by atoms with Crippen molar-refractivity contribution < 1.29 is 5.11 Å². The highest BCUT2D eigenvalue weighted by atomic mass is 79.9. The van der Waals surface area contributed by atoms with Gasteiger partial charge in [-0.25, -0.2) is 0 Å². The minimum Gasteiger partial charge on any atom is -0.507 e. The second-order valence-electron chi connectivity index (χ2n) is 13.7. The molecule has 0 fully saturated rings. The molecule has 0 amide bonds. The molecule has 2 heteroatoms. The van der Waals surface area contributed by atoms with Crippen LogP contribution in [0.3, 0.4) is 0 Å². The third-order valence-corrected chi connectivity index (χ3v) is 12.5. The van der Waals surface area contributed by atoms with Crippen molar-refractivity contribution in [3.63, 3.8) is 0 Å². The summed E-state index contributed by atoms with van der Waals surface area (Å²) < 4.78 is 1.27. The number of benzene rings is 4. The Morgan fingerprint density at radius 2 is 0.457 bits per heavy atom. The summed E-state index contributed by atoms with van der Waals surface area (Å²) in [6.07, 6.45) is 0. The zero-order valence-electron chi connectivity index (χ0n) is 33.0. The zero-order chi connectivity index (χ0) is 36.1. The Bertz CT molecular complexity index is 1340. The van der Waals surface area contributed by atoms with Crippen LogP contribution in [0.15, 0.2) is 16.6 Å². The molecule has 0 bridgehead atoms. The molecule has 0 saturated carbocycles. The van der Waals surface area contributed by atoms with E-state index in [2.05, 4.69) is 153 Å². The number of aromatic hydroxyl groups is 1. The summed E-state index contributed by atoms with van der Waals surface area (Å²) in [5.41, 5.74) is 27.0. The fraction of sp³-hybridized carbons (Fsp3) is 0.455. The number of halogens is 1. The molecule has 4 rings (SSSR count). The van der Waals surface area contributed by atoms with E-state index in [1.165, 1.54) is 105 Å². The van der Waals surface area contributed by atoms with Crippen LogP contribution in [0, 0.1) is 138 Å². The Kier molecular flexibility index (Phi) is 15.1. The molecule has 4 aromatic rings. The maximum absolute atomic E-state index is 9.69. The quantitative estimate of drug-likeness (QED) is 0.195. The number of phenolic OH excluding ortho intramolecular Hbond substituents is 1. The third kappa shape index (κ3) is 9.15. The molecule has 0 heterocycles. The van der Waals surface area contributed by atoms with Crippen LogP contribution in [0.5, 0.6) is 5.75 Å². The molecule has 252 valence electrons. The third-order valence-electron chi connectivity index (χ3n) is 11.4. The average molecular weight is 688 g/mol. The van der Waals surface area contributed by atoms with Gasteiger partial charge in [-0.3, -0.25) is 0 Å². The van der Waals surface area contributed by atoms with Gasteiger partial charge >= 0.3 is 0 Å². The van der Waals surface area contributed by atoms with E-state index in [1.807, 2.05) is 13.8 Å². The van der Waals surface area contributed by atoms with E-state index >= 15 is 0 Å². The Balaban J connectivity index is 0.000000307. The largest absolute Gasteiger partial charge is 0.507 e. The van der Waals surface area contributed by atoms with Gasteiger partial charge in [0.15, 0.2) is 0 Å². The molecule has 0 aliphatic heterocycles. The number of hydrogen-bond acceptors (Lipinski definition) is 1. The average Bonchev–Trinajstić information content (AvgIpc) is 3.03. The molecule has 0 aliphatic carbocycles. The summed E-state index contributed by atoms with van der Waals surface area (Å²) in [6, 6.07) is 4.52. The van der Waals surface area contributed by atoms with Crippen molar-refractivity contribution in [1.82, 2.24) is 0 Å². The van der Waals surface area contributed by atoms with E-state index in [4.69, 9.17) is 0 Å². The smallest absolute Gasteiger partial charge is 0.121 e. The minimum atomic E-state index is 0.454. The first kappa shape index (κ1) is 41.2. The molecular weight excluding hydrogens is 624 g/mol. The van der Waals surface area contributed by atoms with E-state index in [-0.39, 0.29) is 0 Å². The van der Waals surface area contributed by atoms with E-state index in [0.717, 1.165) is 11.1 Å². The second kappa shape index (κ2) is 16.8. The summed E-state index contributed by atoms with van der Waals surface area (Å²) in [7, 11) is 0. The van der Waals surface area contributed by atoms with Crippen LogP contribution in [-0.2, 0) is 0 Å². The van der Waals surface area contributed by atoms with Gasteiger partial charge in [0.05, 0.1) is 0 Å². The van der Waals surface area contributed by atoms with Gasteiger partial charge in [0.25, 0.3) is 0 Å². The maximum Gasteiger partial charge on any atom is 0.121 e. The van der Waals surface area contributed by atoms with Crippen LogP contribution >= 0.6 is 15.9 Å². The number of rotatable bonds is 0. The van der Waals surface area contributed by atoms with Crippen LogP contribution in [0.1, 0.15) is 111 Å². The van der Waals surface area contributed by atoms with Gasteiger partial charge in [0, 0.05) is 4.47 Å². The molecule has 0 aliphatic rings. The summed E-state index contributed by atoms with van der Waals surface area (Å²) >= 11 is 3.61. The molecule has 0 saturated heterocycles. The zero-order valence-corrected chi connectivity index (χ0v) is 34.6. The van der Waals surface area contributed by atoms with Crippen LogP contribution in [0.25, 0.3) is 0 Å². The van der Waals surface area contributed by atoms with E-state index < -0.39 is 0 Å². The molecule has 0 radical (unpaired) electrons. The molecule has 1 N–H and O–H groups in total. The first-order valence-electron chi connectivity index (χ1n) is 16.6.